The van der Waals surface area contributed by atoms with Crippen molar-refractivity contribution in [2.45, 2.75) is 58.9 Å². The molecule has 0 aliphatic heterocycles. The summed E-state index contributed by atoms with van der Waals surface area (Å²) in [6.45, 7) is 8.73. The van der Waals surface area contributed by atoms with Crippen molar-refractivity contribution in [3.8, 4) is 0 Å². The molecule has 0 saturated heterocycles. The fraction of sp³-hybridized carbons (Fsp3) is 0.632. The minimum Gasteiger partial charge on any atom is -0.465 e. The van der Waals surface area contributed by atoms with Crippen LogP contribution in [-0.4, -0.2) is 33.7 Å². The van der Waals surface area contributed by atoms with Crippen molar-refractivity contribution in [2.24, 2.45) is 11.8 Å². The first-order valence-electron chi connectivity index (χ1n) is 9.27. The molecule has 2 heterocycles. The summed E-state index contributed by atoms with van der Waals surface area (Å²) in [6, 6.07) is 0.220. The number of esters is 1. The molecule has 7 heteroatoms. The van der Waals surface area contributed by atoms with Gasteiger partial charge in [0.05, 0.1) is 13.3 Å². The van der Waals surface area contributed by atoms with Crippen LogP contribution in [0, 0.1) is 11.8 Å². The molecule has 0 aromatic carbocycles. The second-order valence-corrected chi connectivity index (χ2v) is 8.00. The van der Waals surface area contributed by atoms with Crippen LogP contribution in [0.4, 0.5) is 5.82 Å². The van der Waals surface area contributed by atoms with Gasteiger partial charge in [-0.15, -0.1) is 0 Å². The Labute approximate surface area is 159 Å². The van der Waals surface area contributed by atoms with Crippen molar-refractivity contribution in [3.63, 3.8) is 0 Å². The van der Waals surface area contributed by atoms with E-state index < -0.39 is 5.97 Å². The molecule has 3 atom stereocenters. The smallest absolute Gasteiger partial charge is 0.343 e. The Hall–Kier alpha value is -1.82. The van der Waals surface area contributed by atoms with Crippen LogP contribution in [0.3, 0.4) is 0 Å². The number of carbonyl (C=O) groups is 1. The van der Waals surface area contributed by atoms with E-state index in [-0.39, 0.29) is 6.04 Å². The predicted octanol–water partition coefficient (Wildman–Crippen LogP) is 4.53. The van der Waals surface area contributed by atoms with E-state index >= 15 is 0 Å². The summed E-state index contributed by atoms with van der Waals surface area (Å²) in [5, 5.41) is 8.46. The molecular weight excluding hydrogens is 352 g/mol. The molecule has 6 nitrogen and oxygen atoms in total. The van der Waals surface area contributed by atoms with E-state index in [1.54, 1.807) is 4.52 Å². The number of nitrogens with zero attached hydrogens (tertiary/aromatic N) is 3. The van der Waals surface area contributed by atoms with Gasteiger partial charge in [-0.3, -0.25) is 0 Å². The summed E-state index contributed by atoms with van der Waals surface area (Å²) in [5.74, 6) is 1.69. The van der Waals surface area contributed by atoms with Crippen LogP contribution in [0.5, 0.6) is 0 Å². The Balaban J connectivity index is 2.21. The summed E-state index contributed by atoms with van der Waals surface area (Å²) in [4.78, 5) is 16.6. The molecule has 2 unspecified atom stereocenters. The highest BCUT2D eigenvalue weighted by Gasteiger charge is 2.32. The first-order valence-corrected chi connectivity index (χ1v) is 9.64. The molecule has 1 N–H and O–H groups in total. The Bertz CT molecular complexity index is 817. The Morgan fingerprint density at radius 2 is 2.12 bits per heavy atom. The maximum absolute atomic E-state index is 12.1. The van der Waals surface area contributed by atoms with Crippen LogP contribution in [0.25, 0.3) is 5.65 Å². The second-order valence-electron chi connectivity index (χ2n) is 7.64. The molecule has 0 amide bonds. The summed E-state index contributed by atoms with van der Waals surface area (Å²) in [7, 11) is 1.35. The maximum Gasteiger partial charge on any atom is 0.343 e. The normalized spacial score (nSPS) is 21.3. The molecule has 0 spiro atoms. The Kier molecular flexibility index (Phi) is 5.42. The number of rotatable bonds is 5. The molecule has 0 radical (unpaired) electrons. The van der Waals surface area contributed by atoms with Crippen molar-refractivity contribution in [3.05, 3.63) is 22.5 Å². The van der Waals surface area contributed by atoms with Gasteiger partial charge < -0.3 is 10.1 Å². The van der Waals surface area contributed by atoms with Gasteiger partial charge in [-0.25, -0.2) is 9.78 Å². The highest BCUT2D eigenvalue weighted by Crippen LogP contribution is 2.45. The van der Waals surface area contributed by atoms with Gasteiger partial charge >= 0.3 is 5.97 Å². The minimum absolute atomic E-state index is 0.220. The van der Waals surface area contributed by atoms with Crippen molar-refractivity contribution in [1.29, 1.82) is 0 Å². The molecule has 2 aromatic heterocycles. The van der Waals surface area contributed by atoms with E-state index in [1.807, 2.05) is 0 Å². The minimum atomic E-state index is -0.464. The molecule has 26 heavy (non-hydrogen) atoms. The zero-order chi connectivity index (χ0) is 19.0. The third-order valence-electron chi connectivity index (χ3n) is 5.64. The quantitative estimate of drug-likeness (QED) is 0.611. The lowest BCUT2D eigenvalue weighted by molar-refractivity contribution is 0.0602. The average molecular weight is 379 g/mol. The van der Waals surface area contributed by atoms with Crippen LogP contribution in [0.1, 0.15) is 68.8 Å². The van der Waals surface area contributed by atoms with Crippen LogP contribution >= 0.6 is 11.6 Å². The zero-order valence-corrected chi connectivity index (χ0v) is 16.8. The zero-order valence-electron chi connectivity index (χ0n) is 16.0. The van der Waals surface area contributed by atoms with Crippen molar-refractivity contribution < 1.29 is 9.53 Å². The van der Waals surface area contributed by atoms with Crippen LogP contribution in [0.15, 0.2) is 6.20 Å². The van der Waals surface area contributed by atoms with Gasteiger partial charge in [0.1, 0.15) is 16.5 Å². The molecule has 1 saturated carbocycles. The van der Waals surface area contributed by atoms with Gasteiger partial charge in [0.25, 0.3) is 0 Å². The number of hydrogen-bond acceptors (Lipinski definition) is 5. The topological polar surface area (TPSA) is 68.5 Å². The lowest BCUT2D eigenvalue weighted by atomic mass is 9.91. The number of fused-ring (bicyclic) bond motifs is 1. The number of aromatic nitrogens is 3. The monoisotopic (exact) mass is 378 g/mol. The van der Waals surface area contributed by atoms with Crippen LogP contribution in [0.2, 0.25) is 5.15 Å². The average Bonchev–Trinajstić information content (AvgIpc) is 3.20. The number of ether oxygens (including phenoxy) is 1. The molecule has 1 aliphatic carbocycles. The second kappa shape index (κ2) is 7.43. The molecule has 3 rings (SSSR count). The van der Waals surface area contributed by atoms with E-state index in [9.17, 15) is 4.79 Å². The van der Waals surface area contributed by atoms with Gasteiger partial charge in [0.15, 0.2) is 5.65 Å². The van der Waals surface area contributed by atoms with Crippen molar-refractivity contribution in [2.75, 3.05) is 12.4 Å². The maximum atomic E-state index is 12.1. The number of anilines is 1. The highest BCUT2D eigenvalue weighted by atomic mass is 35.5. The van der Waals surface area contributed by atoms with Crippen LogP contribution in [-0.2, 0) is 4.74 Å². The number of nitrogens with one attached hydrogen (secondary N) is 1. The highest BCUT2D eigenvalue weighted by molar-refractivity contribution is 6.30. The van der Waals surface area contributed by atoms with Crippen LogP contribution < -0.4 is 5.32 Å². The molecule has 1 aliphatic rings. The molecule has 142 valence electrons. The number of halogens is 1. The molecule has 0 bridgehead atoms. The third kappa shape index (κ3) is 3.27. The lowest BCUT2D eigenvalue weighted by Crippen LogP contribution is -2.25. The number of methoxy groups -OCH3 is 1. The van der Waals surface area contributed by atoms with Gasteiger partial charge in [0.2, 0.25) is 0 Å². The predicted molar refractivity (Wildman–Crippen MR) is 103 cm³/mol. The van der Waals surface area contributed by atoms with E-state index in [0.717, 1.165) is 17.8 Å². The molecule has 1 fully saturated rings. The van der Waals surface area contributed by atoms with Gasteiger partial charge in [0, 0.05) is 11.6 Å². The summed E-state index contributed by atoms with van der Waals surface area (Å²) >= 11 is 6.65. The van der Waals surface area contributed by atoms with Crippen molar-refractivity contribution >= 4 is 29.0 Å². The molecular formula is C19H27ClN4O2. The van der Waals surface area contributed by atoms with E-state index in [4.69, 9.17) is 16.3 Å². The van der Waals surface area contributed by atoms with Gasteiger partial charge in [-0.05, 0) is 31.1 Å². The number of carbonyl (C=O) groups excluding carboxylic acids is 1. The standard InChI is InChI=1S/C19H27ClN4O2/c1-10(2)12(4)22-18-15(13-8-6-7-11(13)3)16(20)23-17-14(19(25)26-5)9-21-24(17)18/h9-13,22H,6-8H2,1-5H3/t11?,12-,13?/m1/s1. The summed E-state index contributed by atoms with van der Waals surface area (Å²) in [5.41, 5.74) is 1.76. The SMILES string of the molecule is COC(=O)c1cnn2c(N[C@H](C)C(C)C)c(C3CCCC3C)c(Cl)nc12. The largest absolute Gasteiger partial charge is 0.465 e. The van der Waals surface area contributed by atoms with E-state index in [0.29, 0.717) is 34.1 Å². The van der Waals surface area contributed by atoms with E-state index in [1.165, 1.54) is 26.1 Å². The Morgan fingerprint density at radius 1 is 1.38 bits per heavy atom. The third-order valence-corrected chi connectivity index (χ3v) is 5.93. The van der Waals surface area contributed by atoms with Gasteiger partial charge in [-0.1, -0.05) is 45.2 Å². The lowest BCUT2D eigenvalue weighted by Gasteiger charge is -2.26. The van der Waals surface area contributed by atoms with Gasteiger partial charge in [-0.2, -0.15) is 9.61 Å². The Morgan fingerprint density at radius 3 is 2.69 bits per heavy atom. The first kappa shape index (κ1) is 19.0. The first-order chi connectivity index (χ1) is 12.3. The number of hydrogen-bond donors (Lipinski definition) is 1. The van der Waals surface area contributed by atoms with E-state index in [2.05, 4.69) is 43.1 Å². The molecule has 2 aromatic rings. The summed E-state index contributed by atoms with van der Waals surface area (Å²) in [6.07, 6.45) is 4.96. The van der Waals surface area contributed by atoms with Crippen molar-refractivity contribution in [1.82, 2.24) is 14.6 Å². The fourth-order valence-corrected chi connectivity index (χ4v) is 3.97. The summed E-state index contributed by atoms with van der Waals surface area (Å²) < 4.78 is 6.56. The fourth-order valence-electron chi connectivity index (χ4n) is 3.66.